The SMILES string of the molecule is O=c1/c(=C\c2ccccc2OCc2ccccc2)sc2nnc(-c3ccccc3)n12. The fourth-order valence-corrected chi connectivity index (χ4v) is 4.15. The molecule has 0 aliphatic carbocycles. The number of para-hydroxylation sites is 1. The van der Waals surface area contributed by atoms with Crippen LogP contribution >= 0.6 is 11.3 Å². The van der Waals surface area contributed by atoms with Gasteiger partial charge in [-0.3, -0.25) is 4.79 Å². The number of nitrogens with zero attached hydrogens (tertiary/aromatic N) is 3. The Bertz CT molecular complexity index is 1410. The molecule has 0 aliphatic heterocycles. The number of rotatable bonds is 5. The highest BCUT2D eigenvalue weighted by Crippen LogP contribution is 2.21. The highest BCUT2D eigenvalue weighted by molar-refractivity contribution is 7.15. The van der Waals surface area contributed by atoms with Gasteiger partial charge in [0.1, 0.15) is 12.4 Å². The second kappa shape index (κ2) is 7.93. The molecule has 0 N–H and O–H groups in total. The van der Waals surface area contributed by atoms with Gasteiger partial charge in [-0.1, -0.05) is 90.2 Å². The molecule has 5 nitrogen and oxygen atoms in total. The van der Waals surface area contributed by atoms with Crippen LogP contribution in [-0.4, -0.2) is 14.6 Å². The van der Waals surface area contributed by atoms with Crippen molar-refractivity contribution < 1.29 is 4.74 Å². The summed E-state index contributed by atoms with van der Waals surface area (Å²) < 4.78 is 8.18. The van der Waals surface area contributed by atoms with Crippen LogP contribution in [0.2, 0.25) is 0 Å². The van der Waals surface area contributed by atoms with Gasteiger partial charge >= 0.3 is 0 Å². The van der Waals surface area contributed by atoms with Crippen molar-refractivity contribution in [1.82, 2.24) is 14.6 Å². The van der Waals surface area contributed by atoms with E-state index in [0.717, 1.165) is 22.4 Å². The summed E-state index contributed by atoms with van der Waals surface area (Å²) in [6.07, 6.45) is 1.86. The van der Waals surface area contributed by atoms with Gasteiger partial charge < -0.3 is 4.74 Å². The molecule has 5 aromatic rings. The fraction of sp³-hybridized carbons (Fsp3) is 0.0417. The van der Waals surface area contributed by atoms with Crippen LogP contribution in [-0.2, 0) is 6.61 Å². The zero-order valence-corrected chi connectivity index (χ0v) is 16.8. The van der Waals surface area contributed by atoms with Crippen LogP contribution in [0.4, 0.5) is 0 Å². The number of ether oxygens (including phenoxy) is 1. The van der Waals surface area contributed by atoms with Crippen LogP contribution < -0.4 is 14.8 Å². The molecule has 0 unspecified atom stereocenters. The molecule has 3 aromatic carbocycles. The molecule has 2 aromatic heterocycles. The first-order valence-electron chi connectivity index (χ1n) is 9.50. The zero-order valence-electron chi connectivity index (χ0n) is 15.9. The Hall–Kier alpha value is -3.77. The molecule has 0 atom stereocenters. The maximum Gasteiger partial charge on any atom is 0.276 e. The van der Waals surface area contributed by atoms with Crippen LogP contribution in [0.1, 0.15) is 11.1 Å². The lowest BCUT2D eigenvalue weighted by atomic mass is 10.2. The first kappa shape index (κ1) is 18.3. The Balaban J connectivity index is 1.54. The molecule has 0 fully saturated rings. The molecule has 0 amide bonds. The Morgan fingerprint density at radius 3 is 2.37 bits per heavy atom. The normalized spacial score (nSPS) is 11.8. The van der Waals surface area contributed by atoms with E-state index >= 15 is 0 Å². The second-order valence-electron chi connectivity index (χ2n) is 6.74. The minimum Gasteiger partial charge on any atom is -0.488 e. The van der Waals surface area contributed by atoms with Crippen molar-refractivity contribution in [3.63, 3.8) is 0 Å². The lowest BCUT2D eigenvalue weighted by Crippen LogP contribution is -2.23. The average Bonchev–Trinajstić information content (AvgIpc) is 3.35. The van der Waals surface area contributed by atoms with E-state index in [1.807, 2.05) is 91.0 Å². The molecule has 0 spiro atoms. The van der Waals surface area contributed by atoms with Crippen molar-refractivity contribution in [1.29, 1.82) is 0 Å². The van der Waals surface area contributed by atoms with Crippen LogP contribution in [0.3, 0.4) is 0 Å². The smallest absolute Gasteiger partial charge is 0.276 e. The molecule has 0 saturated heterocycles. The minimum absolute atomic E-state index is 0.128. The van der Waals surface area contributed by atoms with E-state index in [2.05, 4.69) is 10.2 Å². The van der Waals surface area contributed by atoms with Gasteiger partial charge in [-0.05, 0) is 17.7 Å². The Kier molecular flexibility index (Phi) is 4.83. The van der Waals surface area contributed by atoms with Crippen LogP contribution in [0.15, 0.2) is 89.7 Å². The van der Waals surface area contributed by atoms with E-state index in [1.54, 1.807) is 4.40 Å². The van der Waals surface area contributed by atoms with E-state index in [9.17, 15) is 4.79 Å². The van der Waals surface area contributed by atoms with Gasteiger partial charge in [-0.2, -0.15) is 0 Å². The van der Waals surface area contributed by atoms with Gasteiger partial charge in [-0.15, -0.1) is 10.2 Å². The third-order valence-electron chi connectivity index (χ3n) is 4.72. The van der Waals surface area contributed by atoms with Crippen molar-refractivity contribution in [3.05, 3.63) is 111 Å². The zero-order chi connectivity index (χ0) is 20.3. The van der Waals surface area contributed by atoms with Gasteiger partial charge in [-0.25, -0.2) is 4.40 Å². The molecular formula is C24H17N3O2S. The number of hydrogen-bond acceptors (Lipinski definition) is 5. The first-order chi connectivity index (χ1) is 14.8. The van der Waals surface area contributed by atoms with Crippen LogP contribution in [0.5, 0.6) is 5.75 Å². The summed E-state index contributed by atoms with van der Waals surface area (Å²) in [6.45, 7) is 0.464. The third kappa shape index (κ3) is 3.49. The molecule has 0 aliphatic rings. The molecular weight excluding hydrogens is 394 g/mol. The third-order valence-corrected chi connectivity index (χ3v) is 5.68. The average molecular weight is 411 g/mol. The standard InChI is InChI=1S/C24H17N3O2S/c28-23-21(30-24-26-25-22(27(23)24)18-11-5-2-6-12-18)15-19-13-7-8-14-20(19)29-16-17-9-3-1-4-10-17/h1-15H,16H2/b21-15+. The lowest BCUT2D eigenvalue weighted by molar-refractivity contribution is 0.305. The number of hydrogen-bond donors (Lipinski definition) is 0. The molecule has 0 radical (unpaired) electrons. The van der Waals surface area contributed by atoms with E-state index in [-0.39, 0.29) is 5.56 Å². The van der Waals surface area contributed by atoms with Gasteiger partial charge in [0.25, 0.3) is 5.56 Å². The van der Waals surface area contributed by atoms with Crippen LogP contribution in [0, 0.1) is 0 Å². The van der Waals surface area contributed by atoms with Crippen molar-refractivity contribution in [2.75, 3.05) is 0 Å². The van der Waals surface area contributed by atoms with Crippen molar-refractivity contribution in [2.45, 2.75) is 6.61 Å². The van der Waals surface area contributed by atoms with Crippen LogP contribution in [0.25, 0.3) is 22.4 Å². The predicted octanol–water partition coefficient (Wildman–Crippen LogP) is 3.94. The summed E-state index contributed by atoms with van der Waals surface area (Å²) >= 11 is 1.32. The van der Waals surface area contributed by atoms with Gasteiger partial charge in [0.05, 0.1) is 4.53 Å². The topological polar surface area (TPSA) is 56.5 Å². The van der Waals surface area contributed by atoms with Crippen molar-refractivity contribution in [3.8, 4) is 17.1 Å². The predicted molar refractivity (Wildman–Crippen MR) is 119 cm³/mol. The molecule has 0 bridgehead atoms. The molecule has 146 valence electrons. The number of benzene rings is 3. The van der Waals surface area contributed by atoms with Gasteiger partial charge in [0.2, 0.25) is 4.96 Å². The summed E-state index contributed by atoms with van der Waals surface area (Å²) in [5, 5.41) is 8.40. The Morgan fingerprint density at radius 1 is 0.867 bits per heavy atom. The molecule has 0 saturated carbocycles. The Labute approximate surface area is 176 Å². The largest absolute Gasteiger partial charge is 0.488 e. The van der Waals surface area contributed by atoms with E-state index in [0.29, 0.717) is 21.9 Å². The van der Waals surface area contributed by atoms with E-state index in [4.69, 9.17) is 4.74 Å². The lowest BCUT2D eigenvalue weighted by Gasteiger charge is -2.08. The molecule has 2 heterocycles. The maximum absolute atomic E-state index is 13.1. The summed E-state index contributed by atoms with van der Waals surface area (Å²) in [5.41, 5.74) is 2.67. The number of aromatic nitrogens is 3. The van der Waals surface area contributed by atoms with Crippen molar-refractivity contribution >= 4 is 22.4 Å². The highest BCUT2D eigenvalue weighted by atomic mass is 32.1. The first-order valence-corrected chi connectivity index (χ1v) is 10.3. The number of fused-ring (bicyclic) bond motifs is 1. The van der Waals surface area contributed by atoms with Gasteiger partial charge in [0, 0.05) is 11.1 Å². The van der Waals surface area contributed by atoms with E-state index < -0.39 is 0 Å². The second-order valence-corrected chi connectivity index (χ2v) is 7.74. The highest BCUT2D eigenvalue weighted by Gasteiger charge is 2.14. The molecule has 5 rings (SSSR count). The Morgan fingerprint density at radius 2 is 1.57 bits per heavy atom. The molecule has 6 heteroatoms. The quantitative estimate of drug-likeness (QED) is 0.440. The minimum atomic E-state index is -0.128. The van der Waals surface area contributed by atoms with E-state index in [1.165, 1.54) is 11.3 Å². The number of thiazole rings is 1. The van der Waals surface area contributed by atoms with Crippen molar-refractivity contribution in [2.24, 2.45) is 0 Å². The summed E-state index contributed by atoms with van der Waals surface area (Å²) in [6, 6.07) is 27.3. The fourth-order valence-electron chi connectivity index (χ4n) is 3.24. The molecule has 30 heavy (non-hydrogen) atoms. The monoisotopic (exact) mass is 411 g/mol. The summed E-state index contributed by atoms with van der Waals surface area (Å²) in [4.78, 5) is 13.7. The summed E-state index contributed by atoms with van der Waals surface area (Å²) in [7, 11) is 0. The maximum atomic E-state index is 13.1. The van der Waals surface area contributed by atoms with Gasteiger partial charge in [0.15, 0.2) is 5.82 Å². The summed E-state index contributed by atoms with van der Waals surface area (Å²) in [5.74, 6) is 1.29.